The second kappa shape index (κ2) is 19.4. The van der Waals surface area contributed by atoms with Crippen LogP contribution in [0.15, 0.2) is 0 Å². The van der Waals surface area contributed by atoms with Crippen LogP contribution in [0.2, 0.25) is 0 Å². The minimum Gasteiger partial charge on any atom is -0.363 e. The van der Waals surface area contributed by atoms with Gasteiger partial charge in [0.2, 0.25) is 0 Å². The Hall–Kier alpha value is -0.680. The van der Waals surface area contributed by atoms with E-state index in [-0.39, 0.29) is 56.8 Å². The third kappa shape index (κ3) is 22.2. The van der Waals surface area contributed by atoms with Crippen molar-refractivity contribution in [2.24, 2.45) is 5.41 Å². The highest BCUT2D eigenvalue weighted by Crippen LogP contribution is 2.25. The maximum atomic E-state index is 8.92. The Bertz CT molecular complexity index is 549. The molecule has 0 saturated heterocycles. The zero-order valence-electron chi connectivity index (χ0n) is 23.1. The van der Waals surface area contributed by atoms with Crippen LogP contribution in [0, 0.1) is 5.41 Å². The molecule has 0 aromatic carbocycles. The molecule has 0 bridgehead atoms. The normalized spacial score (nSPS) is 17.0. The third-order valence-corrected chi connectivity index (χ3v) is 5.77. The smallest absolute Gasteiger partial charge is 0.178 e. The van der Waals surface area contributed by atoms with Crippen molar-refractivity contribution in [2.45, 2.75) is 72.1 Å². The Balaban J connectivity index is 4.86. The first kappa shape index (κ1) is 37.3. The summed E-state index contributed by atoms with van der Waals surface area (Å²) in [4.78, 5) is -4.16. The molecule has 3 atom stereocenters. The molecule has 0 rings (SSSR count). The monoisotopic (exact) mass is 564 g/mol. The van der Waals surface area contributed by atoms with Crippen LogP contribution in [0.1, 0.15) is 53.4 Å². The SMILES string of the molecule is CCC(COC(C)NCCCN(O)O)(COC(C)NCCC[N+](O)(O)O)COC(C)NCCC[N+](O)(O)O. The van der Waals surface area contributed by atoms with Crippen molar-refractivity contribution in [2.75, 3.05) is 59.1 Å². The summed E-state index contributed by atoms with van der Waals surface area (Å²) in [6.45, 7) is 9.14. The summed E-state index contributed by atoms with van der Waals surface area (Å²) in [5.41, 5.74) is -0.532. The van der Waals surface area contributed by atoms with Gasteiger partial charge in [0.1, 0.15) is 18.7 Å². The van der Waals surface area contributed by atoms with Gasteiger partial charge < -0.3 is 14.2 Å². The second-order valence-corrected chi connectivity index (χ2v) is 9.56. The summed E-state index contributed by atoms with van der Waals surface area (Å²) < 4.78 is 18.0. The van der Waals surface area contributed by atoms with Crippen molar-refractivity contribution in [1.82, 2.24) is 21.2 Å². The molecule has 0 heterocycles. The molecule has 0 aliphatic heterocycles. The van der Waals surface area contributed by atoms with Crippen molar-refractivity contribution >= 4 is 0 Å². The van der Waals surface area contributed by atoms with Gasteiger partial charge in [0, 0.05) is 31.3 Å². The Kier molecular flexibility index (Phi) is 19.1. The van der Waals surface area contributed by atoms with E-state index in [1.165, 1.54) is 0 Å². The van der Waals surface area contributed by atoms with Gasteiger partial charge in [0.05, 0.1) is 36.3 Å². The molecule has 0 radical (unpaired) electrons. The van der Waals surface area contributed by atoms with Crippen LogP contribution in [0.4, 0.5) is 0 Å². The van der Waals surface area contributed by atoms with E-state index in [0.29, 0.717) is 51.9 Å². The first-order valence-corrected chi connectivity index (χ1v) is 12.9. The standard InChI is InChI=1S/C21H52N6O11/c1-5-21(15-36-18(2)22-9-6-12-25(28)29,16-37-19(3)23-10-7-13-26(30,31)32)17-38-20(4)24-11-8-14-27(33,34)35/h18-20,22-24,28-35H,5-17H2,1-4H3/q+2. The Morgan fingerprint density at radius 1 is 0.658 bits per heavy atom. The van der Waals surface area contributed by atoms with Crippen molar-refractivity contribution in [1.29, 1.82) is 0 Å². The Labute approximate surface area is 224 Å². The van der Waals surface area contributed by atoms with Gasteiger partial charge in [-0.2, -0.15) is 0 Å². The molecule has 0 spiro atoms. The summed E-state index contributed by atoms with van der Waals surface area (Å²) >= 11 is 0. The number of hydrogen-bond donors (Lipinski definition) is 11. The Morgan fingerprint density at radius 3 is 1.29 bits per heavy atom. The van der Waals surface area contributed by atoms with E-state index in [2.05, 4.69) is 16.0 Å². The first-order chi connectivity index (χ1) is 17.6. The quantitative estimate of drug-likeness (QED) is 0.0313. The fourth-order valence-corrected chi connectivity index (χ4v) is 3.23. The van der Waals surface area contributed by atoms with E-state index >= 15 is 0 Å². The largest absolute Gasteiger partial charge is 0.363 e. The second-order valence-electron chi connectivity index (χ2n) is 9.56. The van der Waals surface area contributed by atoms with Crippen LogP contribution >= 0.6 is 0 Å². The van der Waals surface area contributed by atoms with Crippen molar-refractivity contribution < 1.29 is 65.8 Å². The molecular formula is C21H52N6O11+2. The summed E-state index contributed by atoms with van der Waals surface area (Å²) in [5.74, 6) is 0. The molecule has 230 valence electrons. The van der Waals surface area contributed by atoms with Crippen molar-refractivity contribution in [3.8, 4) is 0 Å². The molecule has 0 saturated carbocycles. The van der Waals surface area contributed by atoms with E-state index in [9.17, 15) is 0 Å². The van der Waals surface area contributed by atoms with Gasteiger partial charge in [-0.25, -0.2) is 0 Å². The summed E-state index contributed by atoms with van der Waals surface area (Å²) in [5, 5.41) is 80.6. The highest BCUT2D eigenvalue weighted by atomic mass is 17.1. The lowest BCUT2D eigenvalue weighted by Gasteiger charge is -2.35. The average Bonchev–Trinajstić information content (AvgIpc) is 2.81. The van der Waals surface area contributed by atoms with E-state index in [1.807, 2.05) is 27.7 Å². The fourth-order valence-electron chi connectivity index (χ4n) is 3.23. The highest BCUT2D eigenvalue weighted by Gasteiger charge is 2.32. The Morgan fingerprint density at radius 2 is 1.00 bits per heavy atom. The van der Waals surface area contributed by atoms with Gasteiger partial charge in [0.15, 0.2) is 13.1 Å². The van der Waals surface area contributed by atoms with Crippen LogP contribution in [-0.2, 0) is 14.2 Å². The van der Waals surface area contributed by atoms with E-state index in [0.717, 1.165) is 0 Å². The summed E-state index contributed by atoms with van der Waals surface area (Å²) in [6.07, 6.45) is 0.675. The van der Waals surface area contributed by atoms with Crippen LogP contribution in [-0.4, -0.2) is 135 Å². The molecule has 0 aliphatic carbocycles. The van der Waals surface area contributed by atoms with Crippen LogP contribution in [0.5, 0.6) is 0 Å². The zero-order chi connectivity index (χ0) is 29.2. The molecule has 17 nitrogen and oxygen atoms in total. The molecule has 11 N–H and O–H groups in total. The van der Waals surface area contributed by atoms with Gasteiger partial charge >= 0.3 is 0 Å². The number of quaternary nitrogens is 2. The molecule has 3 unspecified atom stereocenters. The molecule has 0 aromatic rings. The van der Waals surface area contributed by atoms with E-state index < -0.39 is 15.4 Å². The van der Waals surface area contributed by atoms with Gasteiger partial charge in [-0.05, 0) is 40.2 Å². The van der Waals surface area contributed by atoms with Crippen LogP contribution in [0.3, 0.4) is 0 Å². The number of rotatable bonds is 25. The van der Waals surface area contributed by atoms with Gasteiger partial charge in [-0.3, -0.25) is 26.4 Å². The average molecular weight is 565 g/mol. The predicted molar refractivity (Wildman–Crippen MR) is 128 cm³/mol. The summed E-state index contributed by atoms with van der Waals surface area (Å²) in [6, 6.07) is 0. The van der Waals surface area contributed by atoms with Crippen LogP contribution in [0.25, 0.3) is 0 Å². The minimum absolute atomic E-state index is 0.0971. The molecule has 0 amide bonds. The lowest BCUT2D eigenvalue weighted by Crippen LogP contribution is -2.45. The lowest BCUT2D eigenvalue weighted by molar-refractivity contribution is -1.37. The number of ether oxygens (including phenoxy) is 3. The molecular weight excluding hydrogens is 512 g/mol. The highest BCUT2D eigenvalue weighted by molar-refractivity contribution is 4.79. The third-order valence-electron chi connectivity index (χ3n) is 5.77. The molecule has 17 heteroatoms. The number of hydrogen-bond acceptors (Lipinski definition) is 15. The number of nitrogens with one attached hydrogen (secondary N) is 3. The molecule has 0 aromatic heterocycles. The van der Waals surface area contributed by atoms with Crippen LogP contribution < -0.4 is 16.0 Å². The van der Waals surface area contributed by atoms with Crippen molar-refractivity contribution in [3.63, 3.8) is 0 Å². The fraction of sp³-hybridized carbons (Fsp3) is 1.00. The molecule has 0 fully saturated rings. The topological polar surface area (TPSA) is 229 Å². The number of nitrogens with zero attached hydrogens (tertiary/aromatic N) is 3. The number of hydroxylamine groups is 8. The van der Waals surface area contributed by atoms with Gasteiger partial charge in [-0.1, -0.05) is 12.2 Å². The summed E-state index contributed by atoms with van der Waals surface area (Å²) in [7, 11) is 0. The molecule has 38 heavy (non-hydrogen) atoms. The van der Waals surface area contributed by atoms with Gasteiger partial charge in [0.25, 0.3) is 0 Å². The van der Waals surface area contributed by atoms with E-state index in [1.54, 1.807) is 0 Å². The van der Waals surface area contributed by atoms with Crippen molar-refractivity contribution in [3.05, 3.63) is 0 Å². The first-order valence-electron chi connectivity index (χ1n) is 12.9. The van der Waals surface area contributed by atoms with Gasteiger partial charge in [-0.15, -0.1) is 31.2 Å². The lowest BCUT2D eigenvalue weighted by atomic mass is 9.88. The minimum atomic E-state index is -2.08. The van der Waals surface area contributed by atoms with E-state index in [4.69, 9.17) is 55.9 Å². The predicted octanol–water partition coefficient (Wildman–Crippen LogP) is 0.459. The maximum absolute atomic E-state index is 8.92. The maximum Gasteiger partial charge on any atom is 0.178 e. The zero-order valence-corrected chi connectivity index (χ0v) is 23.1. The molecule has 0 aliphatic rings.